The van der Waals surface area contributed by atoms with Gasteiger partial charge >= 0.3 is 0 Å². The van der Waals surface area contributed by atoms with E-state index < -0.39 is 0 Å². The quantitative estimate of drug-likeness (QED) is 0.852. The van der Waals surface area contributed by atoms with Crippen molar-refractivity contribution in [1.29, 1.82) is 0 Å². The van der Waals surface area contributed by atoms with Crippen molar-refractivity contribution in [1.82, 2.24) is 4.90 Å². The molecule has 0 aromatic heterocycles. The number of carbonyl (C=O) groups excluding carboxylic acids is 1. The monoisotopic (exact) mass is 264 g/mol. The van der Waals surface area contributed by atoms with E-state index in [-0.39, 0.29) is 11.9 Å². The Kier molecular flexibility index (Phi) is 4.30. The normalized spacial score (nSPS) is 19.3. The summed E-state index contributed by atoms with van der Waals surface area (Å²) in [4.78, 5) is 15.6. The Labute approximate surface area is 113 Å². The van der Waals surface area contributed by atoms with Gasteiger partial charge in [-0.2, -0.15) is 0 Å². The number of hydrogen-bond acceptors (Lipinski definition) is 3. The van der Waals surface area contributed by atoms with Gasteiger partial charge in [0.2, 0.25) is 0 Å². The molecule has 1 aromatic rings. The predicted molar refractivity (Wildman–Crippen MR) is 76.1 cm³/mol. The molecule has 2 rings (SSSR count). The largest absolute Gasteiger partial charge is 0.334 e. The van der Waals surface area contributed by atoms with Crippen molar-refractivity contribution in [2.75, 3.05) is 19.3 Å². The standard InChI is InChI=1S/C14H20N2OS/c1-10-5-6-12(18-2)8-13(10)14(17)16-7-3-4-11(16)9-15/h5-6,8,11H,3-4,7,9,15H2,1-2H3. The molecule has 1 amide bonds. The van der Waals surface area contributed by atoms with Gasteiger partial charge in [-0.15, -0.1) is 11.8 Å². The Balaban J connectivity index is 2.27. The zero-order valence-electron chi connectivity index (χ0n) is 11.0. The molecule has 0 bridgehead atoms. The summed E-state index contributed by atoms with van der Waals surface area (Å²) in [5.41, 5.74) is 7.60. The van der Waals surface area contributed by atoms with Gasteiger partial charge in [-0.05, 0) is 43.7 Å². The van der Waals surface area contributed by atoms with E-state index in [4.69, 9.17) is 5.73 Å². The molecule has 1 saturated heterocycles. The smallest absolute Gasteiger partial charge is 0.254 e. The second-order valence-corrected chi connectivity index (χ2v) is 5.59. The lowest BCUT2D eigenvalue weighted by Gasteiger charge is -2.24. The van der Waals surface area contributed by atoms with E-state index in [1.54, 1.807) is 11.8 Å². The molecule has 2 N–H and O–H groups in total. The Hall–Kier alpha value is -1.00. The number of nitrogens with zero attached hydrogens (tertiary/aromatic N) is 1. The van der Waals surface area contributed by atoms with Crippen molar-refractivity contribution < 1.29 is 4.79 Å². The Morgan fingerprint density at radius 2 is 2.33 bits per heavy atom. The predicted octanol–water partition coefficient (Wildman–Crippen LogP) is 2.28. The summed E-state index contributed by atoms with van der Waals surface area (Å²) in [6.07, 6.45) is 4.12. The van der Waals surface area contributed by atoms with E-state index in [0.29, 0.717) is 6.54 Å². The van der Waals surface area contributed by atoms with Crippen LogP contribution in [0.4, 0.5) is 0 Å². The second kappa shape index (κ2) is 5.76. The fourth-order valence-corrected chi connectivity index (χ4v) is 2.90. The SMILES string of the molecule is CSc1ccc(C)c(C(=O)N2CCCC2CN)c1. The number of nitrogens with two attached hydrogens (primary N) is 1. The molecule has 0 aliphatic carbocycles. The van der Waals surface area contributed by atoms with E-state index >= 15 is 0 Å². The van der Waals surface area contributed by atoms with Gasteiger partial charge < -0.3 is 10.6 Å². The molecule has 1 unspecified atom stereocenters. The number of aryl methyl sites for hydroxylation is 1. The molecule has 1 aliphatic rings. The first-order chi connectivity index (χ1) is 8.67. The topological polar surface area (TPSA) is 46.3 Å². The van der Waals surface area contributed by atoms with Crippen LogP contribution in [0, 0.1) is 6.92 Å². The van der Waals surface area contributed by atoms with Gasteiger partial charge in [0.25, 0.3) is 5.91 Å². The van der Waals surface area contributed by atoms with Crippen LogP contribution in [0.3, 0.4) is 0 Å². The van der Waals surface area contributed by atoms with Crippen LogP contribution >= 0.6 is 11.8 Å². The van der Waals surface area contributed by atoms with Crippen LogP contribution in [0.25, 0.3) is 0 Å². The maximum Gasteiger partial charge on any atom is 0.254 e. The van der Waals surface area contributed by atoms with E-state index in [1.165, 1.54) is 0 Å². The van der Waals surface area contributed by atoms with E-state index in [0.717, 1.165) is 35.4 Å². The maximum atomic E-state index is 12.6. The minimum absolute atomic E-state index is 0.136. The fraction of sp³-hybridized carbons (Fsp3) is 0.500. The highest BCUT2D eigenvalue weighted by Crippen LogP contribution is 2.24. The lowest BCUT2D eigenvalue weighted by molar-refractivity contribution is 0.0740. The molecule has 1 fully saturated rings. The van der Waals surface area contributed by atoms with Crippen LogP contribution in [-0.4, -0.2) is 36.2 Å². The third-order valence-electron chi connectivity index (χ3n) is 3.59. The Morgan fingerprint density at radius 1 is 1.56 bits per heavy atom. The van der Waals surface area contributed by atoms with Gasteiger partial charge in [0.05, 0.1) is 0 Å². The van der Waals surface area contributed by atoms with Crippen LogP contribution in [0.1, 0.15) is 28.8 Å². The zero-order valence-corrected chi connectivity index (χ0v) is 11.8. The van der Waals surface area contributed by atoms with Crippen LogP contribution in [0.5, 0.6) is 0 Å². The number of thioether (sulfide) groups is 1. The summed E-state index contributed by atoms with van der Waals surface area (Å²) in [5.74, 6) is 0.136. The lowest BCUT2D eigenvalue weighted by Crippen LogP contribution is -2.40. The lowest BCUT2D eigenvalue weighted by atomic mass is 10.1. The van der Waals surface area contributed by atoms with Crippen LogP contribution < -0.4 is 5.73 Å². The van der Waals surface area contributed by atoms with Gasteiger partial charge in [0.1, 0.15) is 0 Å². The maximum absolute atomic E-state index is 12.6. The molecule has 1 aliphatic heterocycles. The average molecular weight is 264 g/mol. The van der Waals surface area contributed by atoms with Crippen molar-refractivity contribution in [3.05, 3.63) is 29.3 Å². The minimum atomic E-state index is 0.136. The molecule has 0 radical (unpaired) electrons. The summed E-state index contributed by atoms with van der Waals surface area (Å²) in [5, 5.41) is 0. The Morgan fingerprint density at radius 3 is 3.00 bits per heavy atom. The first-order valence-corrected chi connectivity index (χ1v) is 7.55. The van der Waals surface area contributed by atoms with Crippen molar-refractivity contribution >= 4 is 17.7 Å². The number of likely N-dealkylation sites (tertiary alicyclic amines) is 1. The first kappa shape index (κ1) is 13.4. The highest BCUT2D eigenvalue weighted by atomic mass is 32.2. The minimum Gasteiger partial charge on any atom is -0.334 e. The summed E-state index contributed by atoms with van der Waals surface area (Å²) >= 11 is 1.66. The highest BCUT2D eigenvalue weighted by molar-refractivity contribution is 7.98. The molecular formula is C14H20N2OS. The zero-order chi connectivity index (χ0) is 13.1. The van der Waals surface area contributed by atoms with Crippen LogP contribution in [0.2, 0.25) is 0 Å². The summed E-state index contributed by atoms with van der Waals surface area (Å²) in [7, 11) is 0. The molecule has 1 aromatic carbocycles. The number of rotatable bonds is 3. The fourth-order valence-electron chi connectivity index (χ4n) is 2.46. The number of hydrogen-bond donors (Lipinski definition) is 1. The number of benzene rings is 1. The molecule has 3 nitrogen and oxygen atoms in total. The van der Waals surface area contributed by atoms with Crippen LogP contribution in [0.15, 0.2) is 23.1 Å². The van der Waals surface area contributed by atoms with Crippen LogP contribution in [-0.2, 0) is 0 Å². The van der Waals surface area contributed by atoms with Gasteiger partial charge in [0.15, 0.2) is 0 Å². The van der Waals surface area contributed by atoms with E-state index in [9.17, 15) is 4.79 Å². The molecule has 4 heteroatoms. The molecule has 0 spiro atoms. The number of carbonyl (C=O) groups is 1. The van der Waals surface area contributed by atoms with Gasteiger partial charge in [-0.25, -0.2) is 0 Å². The molecule has 18 heavy (non-hydrogen) atoms. The molecular weight excluding hydrogens is 244 g/mol. The van der Waals surface area contributed by atoms with E-state index in [2.05, 4.69) is 6.07 Å². The van der Waals surface area contributed by atoms with Crippen molar-refractivity contribution in [3.63, 3.8) is 0 Å². The molecule has 1 atom stereocenters. The Bertz CT molecular complexity index is 447. The van der Waals surface area contributed by atoms with Crippen molar-refractivity contribution in [3.8, 4) is 0 Å². The highest BCUT2D eigenvalue weighted by Gasteiger charge is 2.28. The summed E-state index contributed by atoms with van der Waals surface area (Å²) < 4.78 is 0. The third kappa shape index (κ3) is 2.54. The number of amides is 1. The van der Waals surface area contributed by atoms with Crippen molar-refractivity contribution in [2.45, 2.75) is 30.7 Å². The third-order valence-corrected chi connectivity index (χ3v) is 4.31. The van der Waals surface area contributed by atoms with Gasteiger partial charge in [-0.1, -0.05) is 6.07 Å². The average Bonchev–Trinajstić information content (AvgIpc) is 2.86. The van der Waals surface area contributed by atoms with Gasteiger partial charge in [-0.3, -0.25) is 4.79 Å². The van der Waals surface area contributed by atoms with Gasteiger partial charge in [0, 0.05) is 29.6 Å². The summed E-state index contributed by atoms with van der Waals surface area (Å²) in [6, 6.07) is 6.29. The molecule has 0 saturated carbocycles. The molecule has 1 heterocycles. The second-order valence-electron chi connectivity index (χ2n) is 4.71. The van der Waals surface area contributed by atoms with E-state index in [1.807, 2.05) is 30.2 Å². The van der Waals surface area contributed by atoms with Crippen molar-refractivity contribution in [2.24, 2.45) is 5.73 Å². The summed E-state index contributed by atoms with van der Waals surface area (Å²) in [6.45, 7) is 3.39. The molecule has 98 valence electrons. The first-order valence-electron chi connectivity index (χ1n) is 6.33.